The first-order valence-electron chi connectivity index (χ1n) is 9.69. The lowest BCUT2D eigenvalue weighted by atomic mass is 10.0. The minimum Gasteiger partial charge on any atom is -0.336 e. The van der Waals surface area contributed by atoms with E-state index in [-0.39, 0.29) is 17.8 Å². The van der Waals surface area contributed by atoms with Crippen LogP contribution < -0.4 is 0 Å². The van der Waals surface area contributed by atoms with Gasteiger partial charge in [-0.25, -0.2) is 4.39 Å². The zero-order chi connectivity index (χ0) is 19.1. The maximum atomic E-state index is 13.5. The number of nitrogens with zero attached hydrogens (tertiary/aromatic N) is 2. The molecule has 4 heteroatoms. The average Bonchev–Trinajstić information content (AvgIpc) is 3.08. The predicted molar refractivity (Wildman–Crippen MR) is 108 cm³/mol. The standard InChI is InChI=1S/C24H21FN2O/c25-18-7-5-6-17(16-18)24(28)27-14-12-26(13-15-27)23-21-10-3-1-8-19(21)20-9-2-4-11-22(20)23/h1-11,16,23H,12-15H2. The highest BCUT2D eigenvalue weighted by Crippen LogP contribution is 2.46. The van der Waals surface area contributed by atoms with Crippen molar-refractivity contribution >= 4 is 5.91 Å². The molecule has 0 N–H and O–H groups in total. The molecule has 0 aromatic heterocycles. The first-order valence-corrected chi connectivity index (χ1v) is 9.69. The lowest BCUT2D eigenvalue weighted by molar-refractivity contribution is 0.0599. The van der Waals surface area contributed by atoms with Crippen LogP contribution in [-0.4, -0.2) is 41.9 Å². The van der Waals surface area contributed by atoms with E-state index in [1.165, 1.54) is 34.4 Å². The van der Waals surface area contributed by atoms with Gasteiger partial charge in [-0.3, -0.25) is 9.69 Å². The van der Waals surface area contributed by atoms with Crippen molar-refractivity contribution in [2.24, 2.45) is 0 Å². The Morgan fingerprint density at radius 3 is 2.00 bits per heavy atom. The van der Waals surface area contributed by atoms with Crippen LogP contribution in [0.25, 0.3) is 11.1 Å². The minimum absolute atomic E-state index is 0.0913. The fraction of sp³-hybridized carbons (Fsp3) is 0.208. The number of carbonyl (C=O) groups is 1. The van der Waals surface area contributed by atoms with Crippen LogP contribution in [-0.2, 0) is 0 Å². The predicted octanol–water partition coefficient (Wildman–Crippen LogP) is 4.35. The first-order chi connectivity index (χ1) is 13.7. The Hall–Kier alpha value is -2.98. The molecule has 28 heavy (non-hydrogen) atoms. The molecule has 0 radical (unpaired) electrons. The Morgan fingerprint density at radius 1 is 0.786 bits per heavy atom. The summed E-state index contributed by atoms with van der Waals surface area (Å²) in [5.74, 6) is -0.463. The maximum absolute atomic E-state index is 13.5. The van der Waals surface area contributed by atoms with E-state index in [2.05, 4.69) is 53.4 Å². The highest BCUT2D eigenvalue weighted by molar-refractivity contribution is 5.94. The molecule has 0 bridgehead atoms. The van der Waals surface area contributed by atoms with Crippen LogP contribution in [0.4, 0.5) is 4.39 Å². The van der Waals surface area contributed by atoms with Crippen molar-refractivity contribution in [2.45, 2.75) is 6.04 Å². The first kappa shape index (κ1) is 17.1. The summed E-state index contributed by atoms with van der Waals surface area (Å²) < 4.78 is 13.5. The summed E-state index contributed by atoms with van der Waals surface area (Å²) in [5, 5.41) is 0. The van der Waals surface area contributed by atoms with Crippen molar-refractivity contribution in [2.75, 3.05) is 26.2 Å². The smallest absolute Gasteiger partial charge is 0.254 e. The molecule has 3 aromatic rings. The average molecular weight is 372 g/mol. The Balaban J connectivity index is 1.37. The molecule has 0 atom stereocenters. The van der Waals surface area contributed by atoms with E-state index >= 15 is 0 Å². The summed E-state index contributed by atoms with van der Waals surface area (Å²) in [6, 6.07) is 23.4. The Kier molecular flexibility index (Phi) is 4.21. The van der Waals surface area contributed by atoms with Crippen LogP contribution in [0.15, 0.2) is 72.8 Å². The highest BCUT2D eigenvalue weighted by Gasteiger charge is 2.34. The lowest BCUT2D eigenvalue weighted by Gasteiger charge is -2.38. The topological polar surface area (TPSA) is 23.6 Å². The fourth-order valence-electron chi connectivity index (χ4n) is 4.51. The number of piperazine rings is 1. The van der Waals surface area contributed by atoms with Gasteiger partial charge in [0.05, 0.1) is 6.04 Å². The third kappa shape index (κ3) is 2.81. The quantitative estimate of drug-likeness (QED) is 0.668. The van der Waals surface area contributed by atoms with Gasteiger partial charge in [0.15, 0.2) is 0 Å². The molecule has 1 aliphatic heterocycles. The second-order valence-corrected chi connectivity index (χ2v) is 7.42. The summed E-state index contributed by atoms with van der Waals surface area (Å²) in [5.41, 5.74) is 5.72. The van der Waals surface area contributed by atoms with Gasteiger partial charge in [-0.05, 0) is 40.5 Å². The SMILES string of the molecule is O=C(c1cccc(F)c1)N1CCN(C2c3ccccc3-c3ccccc32)CC1. The summed E-state index contributed by atoms with van der Waals surface area (Å²) >= 11 is 0. The molecule has 140 valence electrons. The third-order valence-electron chi connectivity index (χ3n) is 5.84. The van der Waals surface area contributed by atoms with Crippen molar-refractivity contribution in [1.82, 2.24) is 9.80 Å². The molecule has 5 rings (SSSR count). The number of carbonyl (C=O) groups excluding carboxylic acids is 1. The van der Waals surface area contributed by atoms with E-state index in [0.717, 1.165) is 13.1 Å². The van der Waals surface area contributed by atoms with E-state index in [9.17, 15) is 9.18 Å². The van der Waals surface area contributed by atoms with Crippen LogP contribution in [0, 0.1) is 5.82 Å². The molecule has 0 unspecified atom stereocenters. The van der Waals surface area contributed by atoms with Crippen LogP contribution >= 0.6 is 0 Å². The number of amides is 1. The van der Waals surface area contributed by atoms with E-state index in [1.807, 2.05) is 4.90 Å². The monoisotopic (exact) mass is 372 g/mol. The van der Waals surface area contributed by atoms with Crippen molar-refractivity contribution in [3.05, 3.63) is 95.3 Å². The van der Waals surface area contributed by atoms with Crippen molar-refractivity contribution in [3.63, 3.8) is 0 Å². The molecule has 1 saturated heterocycles. The van der Waals surface area contributed by atoms with Gasteiger partial charge in [0.1, 0.15) is 5.82 Å². The molecular weight excluding hydrogens is 351 g/mol. The van der Waals surface area contributed by atoms with Gasteiger partial charge in [0, 0.05) is 31.7 Å². The van der Waals surface area contributed by atoms with Gasteiger partial charge >= 0.3 is 0 Å². The van der Waals surface area contributed by atoms with Gasteiger partial charge in [0.25, 0.3) is 5.91 Å². The van der Waals surface area contributed by atoms with E-state index in [0.29, 0.717) is 18.7 Å². The van der Waals surface area contributed by atoms with Crippen molar-refractivity contribution < 1.29 is 9.18 Å². The molecule has 1 fully saturated rings. The van der Waals surface area contributed by atoms with Gasteiger partial charge < -0.3 is 4.90 Å². The molecule has 3 aromatic carbocycles. The summed E-state index contributed by atoms with van der Waals surface area (Å²) in [4.78, 5) is 17.0. The van der Waals surface area contributed by atoms with Gasteiger partial charge in [-0.15, -0.1) is 0 Å². The Bertz CT molecular complexity index is 995. The molecule has 1 heterocycles. The van der Waals surface area contributed by atoms with Crippen molar-refractivity contribution in [3.8, 4) is 11.1 Å². The lowest BCUT2D eigenvalue weighted by Crippen LogP contribution is -2.49. The fourth-order valence-corrected chi connectivity index (χ4v) is 4.51. The largest absolute Gasteiger partial charge is 0.336 e. The number of rotatable bonds is 2. The second-order valence-electron chi connectivity index (χ2n) is 7.42. The van der Waals surface area contributed by atoms with E-state index < -0.39 is 0 Å². The molecular formula is C24H21FN2O. The van der Waals surface area contributed by atoms with E-state index in [4.69, 9.17) is 0 Å². The second kappa shape index (κ2) is 6.88. The molecule has 0 spiro atoms. The van der Waals surface area contributed by atoms with Crippen LogP contribution in [0.1, 0.15) is 27.5 Å². The normalized spacial score (nSPS) is 16.7. The molecule has 1 aliphatic carbocycles. The van der Waals surface area contributed by atoms with Gasteiger partial charge in [-0.2, -0.15) is 0 Å². The van der Waals surface area contributed by atoms with Crippen molar-refractivity contribution in [1.29, 1.82) is 0 Å². The number of hydrogen-bond acceptors (Lipinski definition) is 2. The highest BCUT2D eigenvalue weighted by atomic mass is 19.1. The third-order valence-corrected chi connectivity index (χ3v) is 5.84. The van der Waals surface area contributed by atoms with Crippen LogP contribution in [0.5, 0.6) is 0 Å². The van der Waals surface area contributed by atoms with Gasteiger partial charge in [-0.1, -0.05) is 54.6 Å². The van der Waals surface area contributed by atoms with Crippen LogP contribution in [0.3, 0.4) is 0 Å². The number of halogens is 1. The summed E-state index contributed by atoms with van der Waals surface area (Å²) in [6.07, 6.45) is 0. The molecule has 1 amide bonds. The maximum Gasteiger partial charge on any atom is 0.254 e. The van der Waals surface area contributed by atoms with E-state index in [1.54, 1.807) is 12.1 Å². The number of hydrogen-bond donors (Lipinski definition) is 0. The van der Waals surface area contributed by atoms with Crippen LogP contribution in [0.2, 0.25) is 0 Å². The Labute approximate surface area is 164 Å². The summed E-state index contributed by atoms with van der Waals surface area (Å²) in [7, 11) is 0. The number of fused-ring (bicyclic) bond motifs is 3. The zero-order valence-corrected chi connectivity index (χ0v) is 15.5. The Morgan fingerprint density at radius 2 is 1.39 bits per heavy atom. The zero-order valence-electron chi connectivity index (χ0n) is 15.5. The molecule has 2 aliphatic rings. The number of benzene rings is 3. The van der Waals surface area contributed by atoms with Gasteiger partial charge in [0.2, 0.25) is 0 Å². The molecule has 0 saturated carbocycles. The summed E-state index contributed by atoms with van der Waals surface area (Å²) in [6.45, 7) is 2.90. The molecule has 3 nitrogen and oxygen atoms in total. The minimum atomic E-state index is -0.372.